The van der Waals surface area contributed by atoms with E-state index in [9.17, 15) is 0 Å². The molecule has 0 bridgehead atoms. The second-order valence-corrected chi connectivity index (χ2v) is 4.41. The van der Waals surface area contributed by atoms with Crippen molar-refractivity contribution < 1.29 is 4.74 Å². The molecule has 3 heteroatoms. The van der Waals surface area contributed by atoms with Crippen LogP contribution < -0.4 is 11.5 Å². The van der Waals surface area contributed by atoms with Gasteiger partial charge in [-0.1, -0.05) is 20.8 Å². The highest BCUT2D eigenvalue weighted by Crippen LogP contribution is 2.12. The third-order valence-electron chi connectivity index (χ3n) is 1.40. The normalized spacial score (nSPS) is 14.8. The molecule has 0 aliphatic carbocycles. The second-order valence-electron chi connectivity index (χ2n) is 4.41. The van der Waals surface area contributed by atoms with Gasteiger partial charge in [-0.3, -0.25) is 0 Å². The van der Waals surface area contributed by atoms with Gasteiger partial charge < -0.3 is 16.2 Å². The molecule has 0 unspecified atom stereocenters. The van der Waals surface area contributed by atoms with Gasteiger partial charge in [0.2, 0.25) is 0 Å². The Morgan fingerprint density at radius 1 is 1.33 bits per heavy atom. The smallest absolute Gasteiger partial charge is 0.0618 e. The molecular formula is C9H22N2O. The van der Waals surface area contributed by atoms with Gasteiger partial charge in [0, 0.05) is 6.04 Å². The monoisotopic (exact) mass is 174 g/mol. The average Bonchev–Trinajstić information content (AvgIpc) is 1.84. The minimum absolute atomic E-state index is 0.0948. The van der Waals surface area contributed by atoms with Crippen molar-refractivity contribution in [3.63, 3.8) is 0 Å². The van der Waals surface area contributed by atoms with Crippen LogP contribution in [0.15, 0.2) is 0 Å². The summed E-state index contributed by atoms with van der Waals surface area (Å²) in [5.41, 5.74) is 11.3. The first-order chi connectivity index (χ1) is 5.45. The van der Waals surface area contributed by atoms with Gasteiger partial charge in [-0.2, -0.15) is 0 Å². The molecule has 0 heterocycles. The van der Waals surface area contributed by atoms with Gasteiger partial charge >= 0.3 is 0 Å². The molecule has 3 nitrogen and oxygen atoms in total. The van der Waals surface area contributed by atoms with Crippen LogP contribution >= 0.6 is 0 Å². The highest BCUT2D eigenvalue weighted by Gasteiger charge is 2.10. The van der Waals surface area contributed by atoms with Crippen LogP contribution in [0, 0.1) is 5.41 Å². The lowest BCUT2D eigenvalue weighted by Gasteiger charge is -2.19. The number of hydrogen-bond donors (Lipinski definition) is 2. The van der Waals surface area contributed by atoms with Crippen LogP contribution in [0.5, 0.6) is 0 Å². The van der Waals surface area contributed by atoms with Crippen LogP contribution in [-0.4, -0.2) is 25.8 Å². The van der Waals surface area contributed by atoms with Crippen LogP contribution in [0.25, 0.3) is 0 Å². The van der Waals surface area contributed by atoms with Gasteiger partial charge in [0.1, 0.15) is 0 Å². The fourth-order valence-corrected chi connectivity index (χ4v) is 0.814. The van der Waals surface area contributed by atoms with Crippen molar-refractivity contribution in [1.29, 1.82) is 0 Å². The maximum absolute atomic E-state index is 5.71. The fourth-order valence-electron chi connectivity index (χ4n) is 0.814. The first-order valence-electron chi connectivity index (χ1n) is 4.49. The molecule has 0 aliphatic rings. The van der Waals surface area contributed by atoms with Gasteiger partial charge in [0.05, 0.1) is 13.2 Å². The summed E-state index contributed by atoms with van der Waals surface area (Å²) in [7, 11) is 0. The Kier molecular flexibility index (Phi) is 5.46. The first kappa shape index (κ1) is 11.9. The molecule has 0 aromatic carbocycles. The largest absolute Gasteiger partial charge is 0.379 e. The van der Waals surface area contributed by atoms with Crippen molar-refractivity contribution in [2.45, 2.75) is 33.2 Å². The predicted molar refractivity (Wildman–Crippen MR) is 51.9 cm³/mol. The molecule has 74 valence electrons. The molecule has 0 amide bonds. The van der Waals surface area contributed by atoms with Gasteiger partial charge in [0.15, 0.2) is 0 Å². The average molecular weight is 174 g/mol. The maximum Gasteiger partial charge on any atom is 0.0618 e. The molecule has 0 saturated heterocycles. The van der Waals surface area contributed by atoms with Crippen molar-refractivity contribution >= 4 is 0 Å². The van der Waals surface area contributed by atoms with Crippen molar-refractivity contribution in [3.8, 4) is 0 Å². The zero-order valence-corrected chi connectivity index (χ0v) is 8.47. The Balaban J connectivity index is 3.31. The third-order valence-corrected chi connectivity index (χ3v) is 1.40. The molecule has 0 radical (unpaired) electrons. The standard InChI is InChI=1S/C9H22N2O/c1-9(2,3)7-12-6-8(11)4-5-10/h8H,4-7,10-11H2,1-3H3/t8-/m0/s1. The number of ether oxygens (including phenoxy) is 1. The molecule has 4 N–H and O–H groups in total. The summed E-state index contributed by atoms with van der Waals surface area (Å²) in [5, 5.41) is 0. The Morgan fingerprint density at radius 2 is 1.92 bits per heavy atom. The maximum atomic E-state index is 5.71. The quantitative estimate of drug-likeness (QED) is 0.646. The summed E-state index contributed by atoms with van der Waals surface area (Å²) < 4.78 is 5.43. The second kappa shape index (κ2) is 5.51. The van der Waals surface area contributed by atoms with Crippen molar-refractivity contribution in [1.82, 2.24) is 0 Å². The minimum Gasteiger partial charge on any atom is -0.379 e. The van der Waals surface area contributed by atoms with Gasteiger partial charge in [-0.25, -0.2) is 0 Å². The van der Waals surface area contributed by atoms with Crippen molar-refractivity contribution in [3.05, 3.63) is 0 Å². The topological polar surface area (TPSA) is 61.3 Å². The Labute approximate surface area is 75.5 Å². The molecule has 0 fully saturated rings. The summed E-state index contributed by atoms with van der Waals surface area (Å²) in [6, 6.07) is 0.0948. The van der Waals surface area contributed by atoms with E-state index in [2.05, 4.69) is 20.8 Å². The zero-order chi connectivity index (χ0) is 9.61. The lowest BCUT2D eigenvalue weighted by molar-refractivity contribution is 0.0616. The number of hydrogen-bond acceptors (Lipinski definition) is 3. The first-order valence-corrected chi connectivity index (χ1v) is 4.49. The van der Waals surface area contributed by atoms with Crippen LogP contribution in [0.1, 0.15) is 27.2 Å². The molecule has 0 aliphatic heterocycles. The summed E-state index contributed by atoms with van der Waals surface area (Å²) in [4.78, 5) is 0. The lowest BCUT2D eigenvalue weighted by Crippen LogP contribution is -2.30. The Bertz CT molecular complexity index is 110. The number of nitrogens with two attached hydrogens (primary N) is 2. The molecule has 0 rings (SSSR count). The van der Waals surface area contributed by atoms with E-state index in [1.165, 1.54) is 0 Å². The van der Waals surface area contributed by atoms with E-state index < -0.39 is 0 Å². The van der Waals surface area contributed by atoms with E-state index in [4.69, 9.17) is 16.2 Å². The molecule has 0 spiro atoms. The van der Waals surface area contributed by atoms with E-state index in [0.29, 0.717) is 13.2 Å². The van der Waals surface area contributed by atoms with E-state index >= 15 is 0 Å². The van der Waals surface area contributed by atoms with Crippen LogP contribution in [0.3, 0.4) is 0 Å². The predicted octanol–water partition coefficient (Wildman–Crippen LogP) is 0.725. The van der Waals surface area contributed by atoms with Gasteiger partial charge in [0.25, 0.3) is 0 Å². The van der Waals surface area contributed by atoms with Crippen molar-refractivity contribution in [2.75, 3.05) is 19.8 Å². The molecule has 0 aromatic heterocycles. The molecule has 12 heavy (non-hydrogen) atoms. The van der Waals surface area contributed by atoms with Crippen LogP contribution in [-0.2, 0) is 4.74 Å². The highest BCUT2D eigenvalue weighted by atomic mass is 16.5. The zero-order valence-electron chi connectivity index (χ0n) is 8.47. The summed E-state index contributed by atoms with van der Waals surface area (Å²) in [6.45, 7) is 8.43. The molecule has 1 atom stereocenters. The van der Waals surface area contributed by atoms with Crippen LogP contribution in [0.4, 0.5) is 0 Å². The van der Waals surface area contributed by atoms with Gasteiger partial charge in [-0.05, 0) is 18.4 Å². The lowest BCUT2D eigenvalue weighted by atomic mass is 9.99. The van der Waals surface area contributed by atoms with Gasteiger partial charge in [-0.15, -0.1) is 0 Å². The Morgan fingerprint density at radius 3 is 2.33 bits per heavy atom. The minimum atomic E-state index is 0.0948. The summed E-state index contributed by atoms with van der Waals surface area (Å²) in [6.07, 6.45) is 0.837. The Hall–Kier alpha value is -0.120. The number of rotatable bonds is 5. The van der Waals surface area contributed by atoms with Crippen molar-refractivity contribution in [2.24, 2.45) is 16.9 Å². The summed E-state index contributed by atoms with van der Waals surface area (Å²) in [5.74, 6) is 0. The molecular weight excluding hydrogens is 152 g/mol. The SMILES string of the molecule is CC(C)(C)COC[C@@H](N)CCN. The third kappa shape index (κ3) is 7.98. The van der Waals surface area contributed by atoms with E-state index in [1.54, 1.807) is 0 Å². The highest BCUT2D eigenvalue weighted by molar-refractivity contribution is 4.63. The fraction of sp³-hybridized carbons (Fsp3) is 1.00. The van der Waals surface area contributed by atoms with E-state index in [1.807, 2.05) is 0 Å². The van der Waals surface area contributed by atoms with E-state index in [0.717, 1.165) is 13.0 Å². The van der Waals surface area contributed by atoms with Crippen LogP contribution in [0.2, 0.25) is 0 Å². The van der Waals surface area contributed by atoms with E-state index in [-0.39, 0.29) is 11.5 Å². The molecule has 0 aromatic rings. The molecule has 0 saturated carbocycles. The summed E-state index contributed by atoms with van der Waals surface area (Å²) >= 11 is 0.